The third kappa shape index (κ3) is 3.22. The van der Waals surface area contributed by atoms with E-state index in [0.717, 1.165) is 19.6 Å². The van der Waals surface area contributed by atoms with Gasteiger partial charge in [0.2, 0.25) is 0 Å². The van der Waals surface area contributed by atoms with Crippen LogP contribution in [-0.4, -0.2) is 46.9 Å². The molecule has 1 aliphatic heterocycles. The maximum Gasteiger partial charge on any atom is 0.260 e. The van der Waals surface area contributed by atoms with Crippen LogP contribution >= 0.6 is 11.3 Å². The predicted molar refractivity (Wildman–Crippen MR) is 82.6 cm³/mol. The maximum atomic E-state index is 12.3. The van der Waals surface area contributed by atoms with Gasteiger partial charge in [0.1, 0.15) is 5.56 Å². The van der Waals surface area contributed by atoms with Gasteiger partial charge in [-0.05, 0) is 34.5 Å². The number of piperazine rings is 1. The van der Waals surface area contributed by atoms with Gasteiger partial charge >= 0.3 is 0 Å². The van der Waals surface area contributed by atoms with Gasteiger partial charge < -0.3 is 9.88 Å². The number of aromatic amines is 1. The molecule has 0 aliphatic carbocycles. The standard InChI is InChI=1S/C15H17N3O2S/c19-14-13(2-1-4-16-14)15(20)18-7-5-17(6-8-18)10-12-3-9-21-11-12/h1-4,9,11H,5-8,10H2,(H,16,19). The van der Waals surface area contributed by atoms with E-state index < -0.39 is 0 Å². The summed E-state index contributed by atoms with van der Waals surface area (Å²) >= 11 is 1.70. The number of rotatable bonds is 3. The largest absolute Gasteiger partial charge is 0.336 e. The Morgan fingerprint density at radius 3 is 2.71 bits per heavy atom. The Kier molecular flexibility index (Phi) is 4.17. The smallest absolute Gasteiger partial charge is 0.260 e. The van der Waals surface area contributed by atoms with Gasteiger partial charge in [0.25, 0.3) is 11.5 Å². The molecule has 2 aromatic rings. The van der Waals surface area contributed by atoms with Crippen LogP contribution in [0, 0.1) is 0 Å². The molecule has 5 nitrogen and oxygen atoms in total. The molecule has 21 heavy (non-hydrogen) atoms. The number of pyridine rings is 1. The summed E-state index contributed by atoms with van der Waals surface area (Å²) in [7, 11) is 0. The minimum absolute atomic E-state index is 0.174. The minimum Gasteiger partial charge on any atom is -0.336 e. The van der Waals surface area contributed by atoms with Crippen LogP contribution in [0.4, 0.5) is 0 Å². The quantitative estimate of drug-likeness (QED) is 0.932. The van der Waals surface area contributed by atoms with E-state index in [2.05, 4.69) is 26.7 Å². The van der Waals surface area contributed by atoms with Crippen molar-refractivity contribution >= 4 is 17.2 Å². The Hall–Kier alpha value is -1.92. The Morgan fingerprint density at radius 2 is 2.05 bits per heavy atom. The van der Waals surface area contributed by atoms with Crippen LogP contribution in [0.25, 0.3) is 0 Å². The molecule has 0 spiro atoms. The van der Waals surface area contributed by atoms with Crippen molar-refractivity contribution in [3.63, 3.8) is 0 Å². The zero-order valence-electron chi connectivity index (χ0n) is 11.6. The third-order valence-corrected chi connectivity index (χ3v) is 4.43. The molecule has 0 unspecified atom stereocenters. The molecule has 1 N–H and O–H groups in total. The SMILES string of the molecule is O=C(c1ccc[nH]c1=O)N1CCN(Cc2ccsc2)CC1. The molecule has 0 aromatic carbocycles. The summed E-state index contributed by atoms with van der Waals surface area (Å²) in [5.74, 6) is -0.174. The minimum atomic E-state index is -0.316. The summed E-state index contributed by atoms with van der Waals surface area (Å²) in [6, 6.07) is 5.39. The summed E-state index contributed by atoms with van der Waals surface area (Å²) in [5.41, 5.74) is 1.23. The van der Waals surface area contributed by atoms with Gasteiger partial charge in [-0.3, -0.25) is 14.5 Å². The maximum absolute atomic E-state index is 12.3. The van der Waals surface area contributed by atoms with Crippen LogP contribution in [-0.2, 0) is 6.54 Å². The first-order valence-electron chi connectivity index (χ1n) is 6.94. The van der Waals surface area contributed by atoms with E-state index >= 15 is 0 Å². The summed E-state index contributed by atoms with van der Waals surface area (Å²) in [6.07, 6.45) is 1.54. The third-order valence-electron chi connectivity index (χ3n) is 3.69. The normalized spacial score (nSPS) is 16.1. The second kappa shape index (κ2) is 6.24. The van der Waals surface area contributed by atoms with Crippen LogP contribution in [0.3, 0.4) is 0 Å². The molecule has 1 aliphatic rings. The van der Waals surface area contributed by atoms with E-state index in [-0.39, 0.29) is 17.0 Å². The van der Waals surface area contributed by atoms with Crippen LogP contribution in [0.1, 0.15) is 15.9 Å². The summed E-state index contributed by atoms with van der Waals surface area (Å²) < 4.78 is 0. The first-order valence-corrected chi connectivity index (χ1v) is 7.89. The molecule has 0 atom stereocenters. The van der Waals surface area contributed by atoms with E-state index in [9.17, 15) is 9.59 Å². The molecule has 2 aromatic heterocycles. The van der Waals surface area contributed by atoms with Gasteiger partial charge in [0.05, 0.1) is 0 Å². The fraction of sp³-hybridized carbons (Fsp3) is 0.333. The van der Waals surface area contributed by atoms with Crippen molar-refractivity contribution in [1.82, 2.24) is 14.8 Å². The highest BCUT2D eigenvalue weighted by molar-refractivity contribution is 7.07. The van der Waals surface area contributed by atoms with Crippen molar-refractivity contribution < 1.29 is 4.79 Å². The van der Waals surface area contributed by atoms with Crippen LogP contribution in [0.5, 0.6) is 0 Å². The fourth-order valence-corrected chi connectivity index (χ4v) is 3.17. The average molecular weight is 303 g/mol. The fourth-order valence-electron chi connectivity index (χ4n) is 2.51. The highest BCUT2D eigenvalue weighted by Gasteiger charge is 2.23. The van der Waals surface area contributed by atoms with Gasteiger partial charge in [0, 0.05) is 38.9 Å². The number of hydrogen-bond donors (Lipinski definition) is 1. The average Bonchev–Trinajstić information content (AvgIpc) is 3.01. The second-order valence-corrected chi connectivity index (χ2v) is 5.89. The van der Waals surface area contributed by atoms with Gasteiger partial charge in [-0.15, -0.1) is 0 Å². The van der Waals surface area contributed by atoms with Crippen molar-refractivity contribution in [2.75, 3.05) is 26.2 Å². The molecular formula is C15H17N3O2S. The summed E-state index contributed by atoms with van der Waals surface area (Å²) in [6.45, 7) is 3.94. The molecular weight excluding hydrogens is 286 g/mol. The first kappa shape index (κ1) is 14.0. The zero-order chi connectivity index (χ0) is 14.7. The van der Waals surface area contributed by atoms with Crippen LogP contribution in [0.2, 0.25) is 0 Å². The zero-order valence-corrected chi connectivity index (χ0v) is 12.4. The number of carbonyl (C=O) groups excluding carboxylic acids is 1. The van der Waals surface area contributed by atoms with E-state index in [1.165, 1.54) is 11.8 Å². The molecule has 1 fully saturated rings. The molecule has 1 saturated heterocycles. The van der Waals surface area contributed by atoms with Crippen molar-refractivity contribution in [3.8, 4) is 0 Å². The van der Waals surface area contributed by atoms with Crippen molar-refractivity contribution in [2.24, 2.45) is 0 Å². The first-order chi connectivity index (χ1) is 10.2. The summed E-state index contributed by atoms with van der Waals surface area (Å²) in [4.78, 5) is 30.6. The van der Waals surface area contributed by atoms with Crippen LogP contribution < -0.4 is 5.56 Å². The molecule has 0 saturated carbocycles. The van der Waals surface area contributed by atoms with E-state index in [0.29, 0.717) is 13.1 Å². The number of hydrogen-bond acceptors (Lipinski definition) is 4. The van der Waals surface area contributed by atoms with Gasteiger partial charge in [0.15, 0.2) is 0 Å². The number of H-pyrrole nitrogens is 1. The number of carbonyl (C=O) groups is 1. The van der Waals surface area contributed by atoms with Crippen molar-refractivity contribution in [1.29, 1.82) is 0 Å². The highest BCUT2D eigenvalue weighted by atomic mass is 32.1. The number of nitrogens with zero attached hydrogens (tertiary/aromatic N) is 2. The molecule has 3 heterocycles. The van der Waals surface area contributed by atoms with Crippen LogP contribution in [0.15, 0.2) is 40.0 Å². The van der Waals surface area contributed by atoms with E-state index in [4.69, 9.17) is 0 Å². The Balaban J connectivity index is 1.59. The predicted octanol–water partition coefficient (Wildman–Crippen LogP) is 1.39. The molecule has 1 amide bonds. The molecule has 0 bridgehead atoms. The van der Waals surface area contributed by atoms with Crippen molar-refractivity contribution in [2.45, 2.75) is 6.54 Å². The van der Waals surface area contributed by atoms with Crippen molar-refractivity contribution in [3.05, 3.63) is 56.6 Å². The lowest BCUT2D eigenvalue weighted by Crippen LogP contribution is -2.49. The van der Waals surface area contributed by atoms with E-state index in [1.54, 1.807) is 28.4 Å². The topological polar surface area (TPSA) is 56.4 Å². The molecule has 3 rings (SSSR count). The monoisotopic (exact) mass is 303 g/mol. The molecule has 0 radical (unpaired) electrons. The number of aromatic nitrogens is 1. The Bertz CT molecular complexity index is 658. The lowest BCUT2D eigenvalue weighted by molar-refractivity contribution is 0.0627. The van der Waals surface area contributed by atoms with Gasteiger partial charge in [-0.25, -0.2) is 0 Å². The lowest BCUT2D eigenvalue weighted by atomic mass is 10.2. The number of nitrogens with one attached hydrogen (secondary N) is 1. The second-order valence-electron chi connectivity index (χ2n) is 5.11. The molecule has 110 valence electrons. The Labute approximate surface area is 126 Å². The van der Waals surface area contributed by atoms with Gasteiger partial charge in [-0.2, -0.15) is 11.3 Å². The highest BCUT2D eigenvalue weighted by Crippen LogP contribution is 2.12. The molecule has 6 heteroatoms. The van der Waals surface area contributed by atoms with E-state index in [1.807, 2.05) is 0 Å². The lowest BCUT2D eigenvalue weighted by Gasteiger charge is -2.34. The number of amides is 1. The Morgan fingerprint density at radius 1 is 1.24 bits per heavy atom. The number of thiophene rings is 1. The summed E-state index contributed by atoms with van der Waals surface area (Å²) in [5, 5.41) is 4.23. The van der Waals surface area contributed by atoms with Gasteiger partial charge in [-0.1, -0.05) is 0 Å².